The van der Waals surface area contributed by atoms with Crippen molar-refractivity contribution >= 4 is 21.6 Å². The molecule has 0 bridgehead atoms. The maximum atomic E-state index is 13.0. The Morgan fingerprint density at radius 1 is 1.11 bits per heavy atom. The van der Waals surface area contributed by atoms with Gasteiger partial charge in [0.25, 0.3) is 5.91 Å². The van der Waals surface area contributed by atoms with E-state index < -0.39 is 15.9 Å². The van der Waals surface area contributed by atoms with Crippen LogP contribution >= 0.6 is 0 Å². The highest BCUT2D eigenvalue weighted by molar-refractivity contribution is 7.89. The predicted octanol–water partition coefficient (Wildman–Crippen LogP) is 2.75. The summed E-state index contributed by atoms with van der Waals surface area (Å²) in [4.78, 5) is 12.7. The lowest BCUT2D eigenvalue weighted by atomic mass is 10.2. The Bertz CT molecular complexity index is 951. The number of carbonyl (C=O) groups is 1. The lowest BCUT2D eigenvalue weighted by molar-refractivity contribution is -0.0440. The second-order valence-corrected chi connectivity index (χ2v) is 8.70. The molecule has 28 heavy (non-hydrogen) atoms. The van der Waals surface area contributed by atoms with E-state index >= 15 is 0 Å². The summed E-state index contributed by atoms with van der Waals surface area (Å²) >= 11 is 0. The molecule has 3 rings (SSSR count). The first kappa shape index (κ1) is 20.3. The zero-order valence-electron chi connectivity index (χ0n) is 16.1. The van der Waals surface area contributed by atoms with Crippen molar-refractivity contribution in [3.63, 3.8) is 0 Å². The maximum Gasteiger partial charge on any atom is 0.255 e. The second-order valence-electron chi connectivity index (χ2n) is 6.76. The fraction of sp³-hybridized carbons (Fsp3) is 0.350. The van der Waals surface area contributed by atoms with Crippen molar-refractivity contribution in [3.8, 4) is 5.75 Å². The van der Waals surface area contributed by atoms with E-state index in [2.05, 4.69) is 5.32 Å². The lowest BCUT2D eigenvalue weighted by Gasteiger charge is -2.34. The van der Waals surface area contributed by atoms with Gasteiger partial charge >= 0.3 is 0 Å². The van der Waals surface area contributed by atoms with Gasteiger partial charge in [-0.05, 0) is 44.2 Å². The van der Waals surface area contributed by atoms with Crippen molar-refractivity contribution in [2.75, 3.05) is 25.5 Å². The molecule has 1 amide bonds. The van der Waals surface area contributed by atoms with Gasteiger partial charge in [-0.3, -0.25) is 4.79 Å². The van der Waals surface area contributed by atoms with Gasteiger partial charge in [0.05, 0.1) is 29.9 Å². The smallest absolute Gasteiger partial charge is 0.255 e. The molecule has 0 unspecified atom stereocenters. The molecule has 1 saturated heterocycles. The summed E-state index contributed by atoms with van der Waals surface area (Å²) in [5.74, 6) is 0.112. The zero-order chi connectivity index (χ0) is 20.3. The maximum absolute atomic E-state index is 13.0. The van der Waals surface area contributed by atoms with Crippen LogP contribution in [-0.2, 0) is 14.8 Å². The van der Waals surface area contributed by atoms with E-state index in [1.807, 2.05) is 13.8 Å². The summed E-state index contributed by atoms with van der Waals surface area (Å²) in [5.41, 5.74) is 0.764. The summed E-state index contributed by atoms with van der Waals surface area (Å²) in [6.45, 7) is 4.25. The number of sulfonamides is 1. The first-order valence-corrected chi connectivity index (χ1v) is 10.5. The molecule has 0 aliphatic carbocycles. The van der Waals surface area contributed by atoms with Gasteiger partial charge in [0.2, 0.25) is 10.0 Å². The lowest BCUT2D eigenvalue weighted by Crippen LogP contribution is -2.48. The van der Waals surface area contributed by atoms with E-state index in [9.17, 15) is 13.2 Å². The summed E-state index contributed by atoms with van der Waals surface area (Å²) in [6, 6.07) is 13.1. The van der Waals surface area contributed by atoms with Crippen LogP contribution in [-0.4, -0.2) is 51.0 Å². The van der Waals surface area contributed by atoms with E-state index in [1.165, 1.54) is 23.5 Å². The number of hydrogen-bond acceptors (Lipinski definition) is 5. The fourth-order valence-corrected chi connectivity index (χ4v) is 4.85. The molecule has 0 radical (unpaired) electrons. The van der Waals surface area contributed by atoms with Crippen LogP contribution in [0.4, 0.5) is 5.69 Å². The number of hydrogen-bond donors (Lipinski definition) is 1. The summed E-state index contributed by atoms with van der Waals surface area (Å²) in [7, 11) is -2.20. The van der Waals surface area contributed by atoms with Gasteiger partial charge in [-0.2, -0.15) is 4.31 Å². The molecule has 2 aromatic rings. The van der Waals surface area contributed by atoms with Gasteiger partial charge in [0.15, 0.2) is 0 Å². The van der Waals surface area contributed by atoms with Gasteiger partial charge in [-0.25, -0.2) is 8.42 Å². The average molecular weight is 404 g/mol. The SMILES string of the molecule is COc1ccccc1NC(=O)c1cccc(S(=O)(=O)N2C[C@H](C)O[C@@H](C)C2)c1. The van der Waals surface area contributed by atoms with Crippen molar-refractivity contribution in [3.05, 3.63) is 54.1 Å². The van der Waals surface area contributed by atoms with Gasteiger partial charge in [-0.15, -0.1) is 0 Å². The van der Waals surface area contributed by atoms with Gasteiger partial charge in [0.1, 0.15) is 5.75 Å². The van der Waals surface area contributed by atoms with E-state index in [-0.39, 0.29) is 35.8 Å². The highest BCUT2D eigenvalue weighted by Crippen LogP contribution is 2.25. The van der Waals surface area contributed by atoms with Crippen molar-refractivity contribution < 1.29 is 22.7 Å². The van der Waals surface area contributed by atoms with Crippen molar-refractivity contribution in [2.45, 2.75) is 31.0 Å². The molecule has 1 fully saturated rings. The Kier molecular flexibility index (Phi) is 6.02. The number of methoxy groups -OCH3 is 1. The Labute approximate surface area is 165 Å². The normalized spacial score (nSPS) is 20.5. The van der Waals surface area contributed by atoms with Gasteiger partial charge < -0.3 is 14.8 Å². The largest absolute Gasteiger partial charge is 0.495 e. The number of nitrogens with one attached hydrogen (secondary N) is 1. The van der Waals surface area contributed by atoms with E-state index in [4.69, 9.17) is 9.47 Å². The fourth-order valence-electron chi connectivity index (χ4n) is 3.22. The highest BCUT2D eigenvalue weighted by Gasteiger charge is 2.32. The first-order chi connectivity index (χ1) is 13.3. The molecule has 8 heteroatoms. The number of ether oxygens (including phenoxy) is 2. The molecule has 1 N–H and O–H groups in total. The van der Waals surface area contributed by atoms with Crippen LogP contribution < -0.4 is 10.1 Å². The molecule has 1 heterocycles. The van der Waals surface area contributed by atoms with Crippen molar-refractivity contribution in [2.24, 2.45) is 0 Å². The molecule has 1 aliphatic rings. The zero-order valence-corrected chi connectivity index (χ0v) is 16.9. The molecule has 0 spiro atoms. The Balaban J connectivity index is 1.84. The van der Waals surface area contributed by atoms with E-state index in [0.29, 0.717) is 11.4 Å². The van der Waals surface area contributed by atoms with Crippen LogP contribution in [0, 0.1) is 0 Å². The summed E-state index contributed by atoms with van der Waals surface area (Å²) in [5, 5.41) is 2.76. The third-order valence-corrected chi connectivity index (χ3v) is 6.30. The van der Waals surface area contributed by atoms with Crippen LogP contribution in [0.3, 0.4) is 0 Å². The minimum atomic E-state index is -3.72. The monoisotopic (exact) mass is 404 g/mol. The molecule has 7 nitrogen and oxygen atoms in total. The number of morpholine rings is 1. The topological polar surface area (TPSA) is 84.9 Å². The number of carbonyl (C=O) groups excluding carboxylic acids is 1. The molecular weight excluding hydrogens is 380 g/mol. The van der Waals surface area contributed by atoms with Crippen LogP contribution in [0.25, 0.3) is 0 Å². The quantitative estimate of drug-likeness (QED) is 0.828. The van der Waals surface area contributed by atoms with Gasteiger partial charge in [0, 0.05) is 18.7 Å². The molecule has 1 aliphatic heterocycles. The second kappa shape index (κ2) is 8.30. The molecule has 0 aromatic heterocycles. The molecule has 150 valence electrons. The number of amides is 1. The Hall–Kier alpha value is -2.42. The van der Waals surface area contributed by atoms with Gasteiger partial charge in [-0.1, -0.05) is 18.2 Å². The highest BCUT2D eigenvalue weighted by atomic mass is 32.2. The standard InChI is InChI=1S/C20H24N2O5S/c1-14-12-22(13-15(2)27-14)28(24,25)17-8-6-7-16(11-17)20(23)21-18-9-4-5-10-19(18)26-3/h4-11,14-15H,12-13H2,1-3H3,(H,21,23)/t14-,15-/m0/s1. The van der Waals surface area contributed by atoms with E-state index in [0.717, 1.165) is 0 Å². The molecule has 2 aromatic carbocycles. The van der Waals surface area contributed by atoms with Crippen LogP contribution in [0.5, 0.6) is 5.75 Å². The van der Waals surface area contributed by atoms with Crippen molar-refractivity contribution in [1.82, 2.24) is 4.31 Å². The van der Waals surface area contributed by atoms with Crippen molar-refractivity contribution in [1.29, 1.82) is 0 Å². The Morgan fingerprint density at radius 3 is 2.46 bits per heavy atom. The van der Waals surface area contributed by atoms with E-state index in [1.54, 1.807) is 36.4 Å². The number of anilines is 1. The van der Waals surface area contributed by atoms with Crippen LogP contribution in [0.2, 0.25) is 0 Å². The van der Waals surface area contributed by atoms with Crippen LogP contribution in [0.15, 0.2) is 53.4 Å². The number of para-hydroxylation sites is 2. The molecule has 2 atom stereocenters. The predicted molar refractivity (Wildman–Crippen MR) is 106 cm³/mol. The third-order valence-electron chi connectivity index (χ3n) is 4.48. The number of benzene rings is 2. The number of nitrogens with zero attached hydrogens (tertiary/aromatic N) is 1. The number of rotatable bonds is 5. The summed E-state index contributed by atoms with van der Waals surface area (Å²) in [6.07, 6.45) is -0.369. The summed E-state index contributed by atoms with van der Waals surface area (Å²) < 4.78 is 38.3. The minimum Gasteiger partial charge on any atom is -0.495 e. The Morgan fingerprint density at radius 2 is 1.79 bits per heavy atom. The molecular formula is C20H24N2O5S. The van der Waals surface area contributed by atoms with Crippen LogP contribution in [0.1, 0.15) is 24.2 Å². The average Bonchev–Trinajstić information content (AvgIpc) is 2.67. The minimum absolute atomic E-state index is 0.0847. The first-order valence-electron chi connectivity index (χ1n) is 9.01. The third kappa shape index (κ3) is 4.35. The molecule has 0 saturated carbocycles.